The van der Waals surface area contributed by atoms with E-state index < -0.39 is 38.6 Å². The second-order valence-electron chi connectivity index (χ2n) is 9.96. The fourth-order valence-electron chi connectivity index (χ4n) is 3.82. The van der Waals surface area contributed by atoms with Crippen molar-refractivity contribution in [2.24, 2.45) is 0 Å². The molecule has 4 rings (SSSR count). The van der Waals surface area contributed by atoms with Gasteiger partial charge in [-0.1, -0.05) is 30.3 Å². The van der Waals surface area contributed by atoms with Crippen molar-refractivity contribution >= 4 is 44.3 Å². The molecule has 0 unspecified atom stereocenters. The Morgan fingerprint density at radius 1 is 1.00 bits per heavy atom. The summed E-state index contributed by atoms with van der Waals surface area (Å²) in [7, 11) is -4.46. The van der Waals surface area contributed by atoms with Crippen LogP contribution in [-0.4, -0.2) is 41.9 Å². The highest BCUT2D eigenvalue weighted by Crippen LogP contribution is 2.24. The summed E-state index contributed by atoms with van der Waals surface area (Å²) in [5.41, 5.74) is 0.930. The molecule has 1 heterocycles. The summed E-state index contributed by atoms with van der Waals surface area (Å²) in [4.78, 5) is 38.7. The van der Waals surface area contributed by atoms with E-state index in [-0.39, 0.29) is 22.7 Å². The predicted molar refractivity (Wildman–Crippen MR) is 147 cm³/mol. The van der Waals surface area contributed by atoms with Crippen LogP contribution in [0.1, 0.15) is 36.8 Å². The Bertz CT molecular complexity index is 1660. The average Bonchev–Trinajstić information content (AvgIpc) is 3.32. The fourth-order valence-corrected chi connectivity index (χ4v) is 4.86. The van der Waals surface area contributed by atoms with Crippen LogP contribution in [0.15, 0.2) is 83.8 Å². The summed E-state index contributed by atoms with van der Waals surface area (Å²) in [6, 6.07) is 19.4. The third-order valence-corrected chi connectivity index (χ3v) is 6.98. The van der Waals surface area contributed by atoms with Crippen molar-refractivity contribution in [1.82, 2.24) is 4.98 Å². The van der Waals surface area contributed by atoms with Gasteiger partial charge in [-0.2, -0.15) is 8.42 Å². The number of non-ortho nitro benzene ring substituents is 1. The summed E-state index contributed by atoms with van der Waals surface area (Å²) in [6.45, 7) is 5.28. The Kier molecular flexibility index (Phi) is 8.03. The number of fused-ring (bicyclic) bond motifs is 1. The van der Waals surface area contributed by atoms with Crippen LogP contribution in [0.4, 0.5) is 11.4 Å². The summed E-state index contributed by atoms with van der Waals surface area (Å²) in [6.07, 6.45) is -1.52. The molecule has 11 nitrogen and oxygen atoms in total. The smallest absolute Gasteiger partial charge is 0.355 e. The summed E-state index contributed by atoms with van der Waals surface area (Å²) in [5, 5.41) is 14.2. The number of hydrogen-bond acceptors (Lipinski definition) is 8. The van der Waals surface area contributed by atoms with E-state index in [0.717, 1.165) is 24.3 Å². The molecule has 12 heteroatoms. The molecule has 1 atom stereocenters. The predicted octanol–water partition coefficient (Wildman–Crippen LogP) is 4.99. The minimum absolute atomic E-state index is 0.0614. The van der Waals surface area contributed by atoms with Crippen LogP contribution in [0.3, 0.4) is 0 Å². The van der Waals surface area contributed by atoms with Gasteiger partial charge >= 0.3 is 5.97 Å². The number of nitrogens with one attached hydrogen (secondary N) is 2. The first-order valence-electron chi connectivity index (χ1n) is 12.2. The van der Waals surface area contributed by atoms with Gasteiger partial charge in [0.1, 0.15) is 11.3 Å². The molecular weight excluding hydrogens is 538 g/mol. The topological polar surface area (TPSA) is 158 Å². The maximum Gasteiger partial charge on any atom is 0.355 e. The summed E-state index contributed by atoms with van der Waals surface area (Å²) >= 11 is 0. The lowest BCUT2D eigenvalue weighted by atomic mass is 10.1. The van der Waals surface area contributed by atoms with Crippen LogP contribution in [0.25, 0.3) is 10.9 Å². The molecule has 0 aliphatic carbocycles. The lowest BCUT2D eigenvalue weighted by Crippen LogP contribution is -2.34. The van der Waals surface area contributed by atoms with Gasteiger partial charge in [-0.25, -0.2) is 4.79 Å². The highest BCUT2D eigenvalue weighted by Gasteiger charge is 2.29. The molecule has 0 aliphatic rings. The number of carbonyl (C=O) groups excluding carboxylic acids is 2. The average molecular weight is 566 g/mol. The quantitative estimate of drug-likeness (QED) is 0.124. The van der Waals surface area contributed by atoms with Gasteiger partial charge in [0.25, 0.3) is 21.7 Å². The van der Waals surface area contributed by atoms with Crippen molar-refractivity contribution in [2.45, 2.75) is 43.8 Å². The highest BCUT2D eigenvalue weighted by atomic mass is 32.2. The largest absolute Gasteiger partial charge is 0.455 e. The second-order valence-corrected chi connectivity index (χ2v) is 11.5. The van der Waals surface area contributed by atoms with Crippen molar-refractivity contribution in [2.75, 3.05) is 5.32 Å². The van der Waals surface area contributed by atoms with Crippen LogP contribution >= 0.6 is 0 Å². The molecule has 0 spiro atoms. The van der Waals surface area contributed by atoms with Crippen LogP contribution in [0, 0.1) is 10.1 Å². The molecule has 208 valence electrons. The van der Waals surface area contributed by atoms with Gasteiger partial charge in [-0.3, -0.25) is 19.1 Å². The lowest BCUT2D eigenvalue weighted by molar-refractivity contribution is -0.384. The highest BCUT2D eigenvalue weighted by molar-refractivity contribution is 7.86. The summed E-state index contributed by atoms with van der Waals surface area (Å²) in [5.74, 6) is -1.25. The Labute approximate surface area is 230 Å². The number of H-pyrrole nitrogens is 1. The number of nitro groups is 1. The van der Waals surface area contributed by atoms with E-state index in [9.17, 15) is 28.1 Å². The number of aromatic amines is 1. The van der Waals surface area contributed by atoms with Crippen molar-refractivity contribution in [3.8, 4) is 0 Å². The number of anilines is 1. The Morgan fingerprint density at radius 3 is 2.30 bits per heavy atom. The molecule has 3 aromatic carbocycles. The number of carbonyl (C=O) groups is 2. The number of amides is 1. The normalized spacial score (nSPS) is 12.6. The van der Waals surface area contributed by atoms with Crippen molar-refractivity contribution in [1.29, 1.82) is 0 Å². The molecule has 40 heavy (non-hydrogen) atoms. The minimum Gasteiger partial charge on any atom is -0.455 e. The standard InChI is InChI=1S/C28H27N3O8S/c1-28(2,3)38-27(33)24-17-19-16-20(9-14-23(19)30-24)29-26(32)25(15-18-7-5-4-6-8-18)39-40(36,37)22-12-10-21(11-13-22)31(34)35/h4-14,16-17,25,30H,15H2,1-3H3,(H,29,32)/t25-/m1/s1. The first-order chi connectivity index (χ1) is 18.8. The van der Waals surface area contributed by atoms with Crippen molar-refractivity contribution in [3.05, 3.63) is 100 Å². The molecule has 0 saturated heterocycles. The Morgan fingerprint density at radius 2 is 1.68 bits per heavy atom. The maximum atomic E-state index is 13.3. The first-order valence-corrected chi connectivity index (χ1v) is 13.6. The van der Waals surface area contributed by atoms with E-state index in [1.165, 1.54) is 0 Å². The molecule has 4 aromatic rings. The molecule has 0 saturated carbocycles. The van der Waals surface area contributed by atoms with Crippen molar-refractivity contribution in [3.63, 3.8) is 0 Å². The number of aromatic nitrogens is 1. The monoisotopic (exact) mass is 565 g/mol. The van der Waals surface area contributed by atoms with Crippen LogP contribution in [-0.2, 0) is 30.3 Å². The van der Waals surface area contributed by atoms with E-state index >= 15 is 0 Å². The zero-order valence-electron chi connectivity index (χ0n) is 21.9. The molecule has 0 fully saturated rings. The molecule has 0 bridgehead atoms. The van der Waals surface area contributed by atoms with Gasteiger partial charge in [0, 0.05) is 35.1 Å². The van der Waals surface area contributed by atoms with Crippen LogP contribution < -0.4 is 5.32 Å². The van der Waals surface area contributed by atoms with E-state index in [1.54, 1.807) is 75.4 Å². The van der Waals surface area contributed by atoms with Crippen LogP contribution in [0.2, 0.25) is 0 Å². The maximum absolute atomic E-state index is 13.3. The molecule has 0 radical (unpaired) electrons. The Hall–Kier alpha value is -4.55. The molecule has 0 aliphatic heterocycles. The fraction of sp³-hybridized carbons (Fsp3) is 0.214. The van der Waals surface area contributed by atoms with Crippen LogP contribution in [0.5, 0.6) is 0 Å². The minimum atomic E-state index is -4.46. The van der Waals surface area contributed by atoms with Gasteiger partial charge in [-0.15, -0.1) is 0 Å². The SMILES string of the molecule is CC(C)(C)OC(=O)c1cc2cc(NC(=O)[C@@H](Cc3ccccc3)OS(=O)(=O)c3ccc([N+](=O)[O-])cc3)ccc2[nH]1. The van der Waals surface area contributed by atoms with Gasteiger partial charge in [-0.05, 0) is 62.7 Å². The van der Waals surface area contributed by atoms with Gasteiger partial charge in [0.15, 0.2) is 6.10 Å². The number of nitrogens with zero attached hydrogens (tertiary/aromatic N) is 1. The first kappa shape index (κ1) is 28.5. The van der Waals surface area contributed by atoms with E-state index in [4.69, 9.17) is 8.92 Å². The number of esters is 1. The van der Waals surface area contributed by atoms with Gasteiger partial charge in [0.2, 0.25) is 0 Å². The molecule has 1 amide bonds. The van der Waals surface area contributed by atoms with Gasteiger partial charge in [0.05, 0.1) is 9.82 Å². The lowest BCUT2D eigenvalue weighted by Gasteiger charge is -2.18. The number of nitro benzene ring substituents is 1. The van der Waals surface area contributed by atoms with E-state index in [0.29, 0.717) is 22.2 Å². The van der Waals surface area contributed by atoms with E-state index in [1.807, 2.05) is 0 Å². The number of benzene rings is 3. The van der Waals surface area contributed by atoms with E-state index in [2.05, 4.69) is 10.3 Å². The number of ether oxygens (including phenoxy) is 1. The third-order valence-electron chi connectivity index (χ3n) is 5.64. The zero-order valence-corrected chi connectivity index (χ0v) is 22.7. The molecular formula is C28H27N3O8S. The number of hydrogen-bond donors (Lipinski definition) is 2. The number of rotatable bonds is 9. The molecule has 1 aromatic heterocycles. The summed E-state index contributed by atoms with van der Waals surface area (Å²) < 4.78 is 36.7. The Balaban J connectivity index is 1.57. The second kappa shape index (κ2) is 11.3. The van der Waals surface area contributed by atoms with Crippen molar-refractivity contribution < 1.29 is 31.9 Å². The zero-order chi connectivity index (χ0) is 29.1. The molecule has 2 N–H and O–H groups in total. The third kappa shape index (κ3) is 7.10. The van der Waals surface area contributed by atoms with Gasteiger partial charge < -0.3 is 15.0 Å².